The molecule has 1 amide bonds. The van der Waals surface area contributed by atoms with Gasteiger partial charge in [0, 0.05) is 27.1 Å². The molecule has 4 nitrogen and oxygen atoms in total. The van der Waals surface area contributed by atoms with Gasteiger partial charge < -0.3 is 5.32 Å². The van der Waals surface area contributed by atoms with Crippen LogP contribution in [-0.4, -0.2) is 21.1 Å². The van der Waals surface area contributed by atoms with Crippen molar-refractivity contribution < 1.29 is 4.79 Å². The summed E-state index contributed by atoms with van der Waals surface area (Å²) in [4.78, 5) is 21.1. The molecule has 7 heteroatoms. The SMILES string of the molecule is Cc1nc(SC(C)C(=O)Nc2cc(Cl)cc(Cl)c2)nc(C)c1C. The Hall–Kier alpha value is -1.30. The fourth-order valence-electron chi connectivity index (χ4n) is 1.88. The Labute approximate surface area is 150 Å². The molecule has 0 radical (unpaired) electrons. The highest BCUT2D eigenvalue weighted by Gasteiger charge is 2.17. The van der Waals surface area contributed by atoms with Gasteiger partial charge in [0.25, 0.3) is 0 Å². The van der Waals surface area contributed by atoms with E-state index in [1.54, 1.807) is 25.1 Å². The molecule has 0 saturated heterocycles. The van der Waals surface area contributed by atoms with Gasteiger partial charge in [-0.2, -0.15) is 0 Å². The van der Waals surface area contributed by atoms with Gasteiger partial charge in [-0.25, -0.2) is 9.97 Å². The predicted molar refractivity (Wildman–Crippen MR) is 96.7 cm³/mol. The van der Waals surface area contributed by atoms with Crippen LogP contribution in [0.1, 0.15) is 23.9 Å². The number of halogens is 2. The minimum absolute atomic E-state index is 0.159. The van der Waals surface area contributed by atoms with E-state index in [9.17, 15) is 4.79 Å². The lowest BCUT2D eigenvalue weighted by molar-refractivity contribution is -0.115. The van der Waals surface area contributed by atoms with Gasteiger partial charge in [-0.1, -0.05) is 35.0 Å². The average molecular weight is 370 g/mol. The topological polar surface area (TPSA) is 54.9 Å². The highest BCUT2D eigenvalue weighted by Crippen LogP contribution is 2.25. The summed E-state index contributed by atoms with van der Waals surface area (Å²) in [6.07, 6.45) is 0. The van der Waals surface area contributed by atoms with Crippen molar-refractivity contribution in [1.29, 1.82) is 0 Å². The van der Waals surface area contributed by atoms with E-state index in [2.05, 4.69) is 15.3 Å². The second kappa shape index (κ2) is 7.51. The van der Waals surface area contributed by atoms with Crippen molar-refractivity contribution >= 4 is 46.6 Å². The van der Waals surface area contributed by atoms with Crippen LogP contribution in [0.4, 0.5) is 5.69 Å². The maximum atomic E-state index is 12.3. The number of aromatic nitrogens is 2. The molecule has 1 atom stereocenters. The number of amides is 1. The molecule has 2 rings (SSSR count). The molecule has 23 heavy (non-hydrogen) atoms. The minimum Gasteiger partial charge on any atom is -0.325 e. The average Bonchev–Trinajstić information content (AvgIpc) is 2.43. The number of hydrogen-bond acceptors (Lipinski definition) is 4. The summed E-state index contributed by atoms with van der Waals surface area (Å²) in [5.74, 6) is -0.159. The van der Waals surface area contributed by atoms with Crippen LogP contribution < -0.4 is 5.32 Å². The minimum atomic E-state index is -0.353. The Kier molecular flexibility index (Phi) is 5.89. The van der Waals surface area contributed by atoms with Crippen molar-refractivity contribution in [2.75, 3.05) is 5.32 Å². The molecule has 0 fully saturated rings. The molecule has 1 unspecified atom stereocenters. The van der Waals surface area contributed by atoms with Crippen LogP contribution in [0.25, 0.3) is 0 Å². The number of hydrogen-bond donors (Lipinski definition) is 1. The highest BCUT2D eigenvalue weighted by molar-refractivity contribution is 8.00. The van der Waals surface area contributed by atoms with Crippen LogP contribution in [0.5, 0.6) is 0 Å². The van der Waals surface area contributed by atoms with Crippen molar-refractivity contribution in [1.82, 2.24) is 9.97 Å². The van der Waals surface area contributed by atoms with Gasteiger partial charge in [-0.3, -0.25) is 4.79 Å². The van der Waals surface area contributed by atoms with Crippen LogP contribution in [0.2, 0.25) is 10.0 Å². The first-order valence-corrected chi connectivity index (χ1v) is 8.65. The van der Waals surface area contributed by atoms with Crippen LogP contribution in [0.3, 0.4) is 0 Å². The number of anilines is 1. The third kappa shape index (κ3) is 4.83. The van der Waals surface area contributed by atoms with Gasteiger partial charge in [-0.15, -0.1) is 0 Å². The number of nitrogens with one attached hydrogen (secondary N) is 1. The first kappa shape index (κ1) is 18.0. The van der Waals surface area contributed by atoms with Crippen LogP contribution in [0, 0.1) is 20.8 Å². The van der Waals surface area contributed by atoms with E-state index in [1.165, 1.54) is 11.8 Å². The Morgan fingerprint density at radius 1 is 1.09 bits per heavy atom. The van der Waals surface area contributed by atoms with Gasteiger partial charge >= 0.3 is 0 Å². The summed E-state index contributed by atoms with van der Waals surface area (Å²) in [5, 5.41) is 3.99. The van der Waals surface area contributed by atoms with Gasteiger partial charge in [0.15, 0.2) is 5.16 Å². The lowest BCUT2D eigenvalue weighted by Crippen LogP contribution is -2.22. The third-order valence-corrected chi connectivity index (χ3v) is 4.79. The molecule has 1 aromatic carbocycles. The zero-order chi connectivity index (χ0) is 17.1. The Morgan fingerprint density at radius 3 is 2.13 bits per heavy atom. The molecule has 122 valence electrons. The van der Waals surface area contributed by atoms with Crippen molar-refractivity contribution in [3.05, 3.63) is 45.2 Å². The maximum Gasteiger partial charge on any atom is 0.237 e. The summed E-state index contributed by atoms with van der Waals surface area (Å²) in [6, 6.07) is 4.92. The van der Waals surface area contributed by atoms with Crippen molar-refractivity contribution in [3.63, 3.8) is 0 Å². The van der Waals surface area contributed by atoms with E-state index in [4.69, 9.17) is 23.2 Å². The summed E-state index contributed by atoms with van der Waals surface area (Å²) in [7, 11) is 0. The molecule has 0 saturated carbocycles. The van der Waals surface area contributed by atoms with E-state index < -0.39 is 0 Å². The molecule has 0 aliphatic rings. The largest absolute Gasteiger partial charge is 0.325 e. The third-order valence-electron chi connectivity index (χ3n) is 3.39. The van der Waals surface area contributed by atoms with Gasteiger partial charge in [0.2, 0.25) is 5.91 Å². The van der Waals surface area contributed by atoms with E-state index >= 15 is 0 Å². The first-order chi connectivity index (χ1) is 10.8. The zero-order valence-corrected chi connectivity index (χ0v) is 15.6. The fourth-order valence-corrected chi connectivity index (χ4v) is 3.26. The number of nitrogens with zero attached hydrogens (tertiary/aromatic N) is 2. The van der Waals surface area contributed by atoms with Crippen molar-refractivity contribution in [2.24, 2.45) is 0 Å². The maximum absolute atomic E-state index is 12.3. The summed E-state index contributed by atoms with van der Waals surface area (Å²) < 4.78 is 0. The van der Waals surface area contributed by atoms with Gasteiger partial charge in [0.1, 0.15) is 0 Å². The normalized spacial score (nSPS) is 12.1. The number of rotatable bonds is 4. The zero-order valence-electron chi connectivity index (χ0n) is 13.3. The van der Waals surface area contributed by atoms with Crippen LogP contribution in [-0.2, 0) is 4.79 Å². The van der Waals surface area contributed by atoms with Crippen LogP contribution in [0.15, 0.2) is 23.4 Å². The van der Waals surface area contributed by atoms with Crippen molar-refractivity contribution in [3.8, 4) is 0 Å². The molecule has 0 bridgehead atoms. The van der Waals surface area contributed by atoms with E-state index in [-0.39, 0.29) is 11.2 Å². The number of benzene rings is 1. The number of carbonyl (C=O) groups is 1. The van der Waals surface area contributed by atoms with Crippen LogP contribution >= 0.6 is 35.0 Å². The molecule has 1 N–H and O–H groups in total. The predicted octanol–water partition coefficient (Wildman–Crippen LogP) is 4.83. The highest BCUT2D eigenvalue weighted by atomic mass is 35.5. The Balaban J connectivity index is 2.08. The second-order valence-electron chi connectivity index (χ2n) is 5.21. The monoisotopic (exact) mass is 369 g/mol. The molecule has 1 aromatic heterocycles. The Bertz CT molecular complexity index is 709. The first-order valence-electron chi connectivity index (χ1n) is 7.01. The lowest BCUT2D eigenvalue weighted by Gasteiger charge is -2.13. The Morgan fingerprint density at radius 2 is 1.61 bits per heavy atom. The lowest BCUT2D eigenvalue weighted by atomic mass is 10.2. The van der Waals surface area contributed by atoms with E-state index in [1.807, 2.05) is 20.8 Å². The number of aryl methyl sites for hydroxylation is 2. The quantitative estimate of drug-likeness (QED) is 0.619. The summed E-state index contributed by atoms with van der Waals surface area (Å²) in [6.45, 7) is 7.66. The molecular formula is C16H17Cl2N3OS. The van der Waals surface area contributed by atoms with Crippen molar-refractivity contribution in [2.45, 2.75) is 38.1 Å². The fraction of sp³-hybridized carbons (Fsp3) is 0.312. The molecular weight excluding hydrogens is 353 g/mol. The molecule has 0 aliphatic heterocycles. The number of carbonyl (C=O) groups excluding carboxylic acids is 1. The van der Waals surface area contributed by atoms with Gasteiger partial charge in [-0.05, 0) is 51.5 Å². The molecule has 0 aliphatic carbocycles. The summed E-state index contributed by atoms with van der Waals surface area (Å²) in [5.41, 5.74) is 3.49. The standard InChI is InChI=1S/C16H17Cl2N3OS/c1-8-9(2)19-16(20-10(8)3)23-11(4)15(22)21-14-6-12(17)5-13(18)7-14/h5-7,11H,1-4H3,(H,21,22). The molecule has 1 heterocycles. The molecule has 0 spiro atoms. The number of thioether (sulfide) groups is 1. The molecule has 2 aromatic rings. The summed E-state index contributed by atoms with van der Waals surface area (Å²) >= 11 is 13.2. The van der Waals surface area contributed by atoms with Gasteiger partial charge in [0.05, 0.1) is 5.25 Å². The van der Waals surface area contributed by atoms with E-state index in [0.29, 0.717) is 20.9 Å². The second-order valence-corrected chi connectivity index (χ2v) is 7.39. The van der Waals surface area contributed by atoms with E-state index in [0.717, 1.165) is 17.0 Å². The smallest absolute Gasteiger partial charge is 0.237 e.